The van der Waals surface area contributed by atoms with Crippen LogP contribution in [0.3, 0.4) is 0 Å². The lowest BCUT2D eigenvalue weighted by Gasteiger charge is -2.10. The number of carbonyl (C=O) groups is 2. The van der Waals surface area contributed by atoms with Crippen molar-refractivity contribution in [1.82, 2.24) is 10.7 Å². The molecule has 0 aliphatic carbocycles. The Morgan fingerprint density at radius 2 is 1.75 bits per heavy atom. The summed E-state index contributed by atoms with van der Waals surface area (Å²) in [5, 5.41) is 6.36. The minimum atomic E-state index is -0.815. The molecule has 148 valence electrons. The average molecular weight is 401 g/mol. The second-order valence-electron chi connectivity index (χ2n) is 5.67. The molecule has 0 saturated heterocycles. The number of hydrogen-bond donors (Lipinski definition) is 2. The smallest absolute Gasteiger partial charge is 0.329 e. The second-order valence-corrected chi connectivity index (χ2v) is 6.55. The van der Waals surface area contributed by atoms with Crippen molar-refractivity contribution >= 4 is 29.8 Å². The number of amides is 2. The number of nitrogens with zero attached hydrogens (tertiary/aromatic N) is 1. The Labute approximate surface area is 168 Å². The van der Waals surface area contributed by atoms with Crippen molar-refractivity contribution in [3.05, 3.63) is 53.6 Å². The molecule has 0 aromatic heterocycles. The first-order valence-electron chi connectivity index (χ1n) is 8.53. The molecule has 0 saturated carbocycles. The van der Waals surface area contributed by atoms with Gasteiger partial charge < -0.3 is 14.8 Å². The Morgan fingerprint density at radius 3 is 2.39 bits per heavy atom. The number of rotatable bonds is 8. The molecule has 0 bridgehead atoms. The summed E-state index contributed by atoms with van der Waals surface area (Å²) < 4.78 is 10.4. The van der Waals surface area contributed by atoms with Crippen molar-refractivity contribution in [2.24, 2.45) is 5.10 Å². The van der Waals surface area contributed by atoms with Crippen LogP contribution in [0.2, 0.25) is 0 Å². The minimum absolute atomic E-state index is 0.307. The number of thioether (sulfide) groups is 1. The van der Waals surface area contributed by atoms with Crippen molar-refractivity contribution in [3.8, 4) is 11.5 Å². The molecule has 0 aliphatic rings. The van der Waals surface area contributed by atoms with E-state index in [-0.39, 0.29) is 0 Å². The fourth-order valence-corrected chi connectivity index (χ4v) is 2.75. The van der Waals surface area contributed by atoms with E-state index in [0.717, 1.165) is 16.0 Å². The van der Waals surface area contributed by atoms with Gasteiger partial charge in [0.2, 0.25) is 0 Å². The molecule has 0 radical (unpaired) electrons. The van der Waals surface area contributed by atoms with Gasteiger partial charge >= 0.3 is 11.8 Å². The lowest BCUT2D eigenvalue weighted by Crippen LogP contribution is -2.38. The largest absolute Gasteiger partial charge is 0.493 e. The topological polar surface area (TPSA) is 89.0 Å². The average Bonchev–Trinajstić information content (AvgIpc) is 2.73. The third-order valence-electron chi connectivity index (χ3n) is 3.85. The molecule has 8 heteroatoms. The third kappa shape index (κ3) is 6.31. The van der Waals surface area contributed by atoms with Gasteiger partial charge in [0.1, 0.15) is 0 Å². The van der Waals surface area contributed by atoms with Crippen LogP contribution >= 0.6 is 11.8 Å². The Kier molecular flexibility index (Phi) is 8.36. The molecule has 2 rings (SSSR count). The summed E-state index contributed by atoms with van der Waals surface area (Å²) in [6.45, 7) is 0.307. The van der Waals surface area contributed by atoms with E-state index >= 15 is 0 Å². The van der Waals surface area contributed by atoms with Crippen LogP contribution in [0.25, 0.3) is 0 Å². The third-order valence-corrected chi connectivity index (χ3v) is 4.59. The second kappa shape index (κ2) is 11.0. The summed E-state index contributed by atoms with van der Waals surface area (Å²) in [5.41, 5.74) is 3.99. The van der Waals surface area contributed by atoms with Gasteiger partial charge in [0.15, 0.2) is 11.5 Å². The molecule has 0 atom stereocenters. The lowest BCUT2D eigenvalue weighted by molar-refractivity contribution is -0.139. The van der Waals surface area contributed by atoms with E-state index < -0.39 is 11.8 Å². The van der Waals surface area contributed by atoms with Gasteiger partial charge in [-0.25, -0.2) is 5.43 Å². The zero-order valence-corrected chi connectivity index (χ0v) is 16.8. The van der Waals surface area contributed by atoms with Crippen LogP contribution in [-0.4, -0.2) is 45.0 Å². The summed E-state index contributed by atoms with van der Waals surface area (Å²) >= 11 is 1.64. The predicted octanol–water partition coefficient (Wildman–Crippen LogP) is 2.23. The van der Waals surface area contributed by atoms with Gasteiger partial charge in [0.25, 0.3) is 0 Å². The van der Waals surface area contributed by atoms with Crippen LogP contribution in [0, 0.1) is 0 Å². The van der Waals surface area contributed by atoms with Crippen molar-refractivity contribution in [3.63, 3.8) is 0 Å². The molecular formula is C20H23N3O4S. The molecule has 2 N–H and O–H groups in total. The van der Waals surface area contributed by atoms with Crippen LogP contribution in [0.15, 0.2) is 52.5 Å². The summed E-state index contributed by atoms with van der Waals surface area (Å²) in [7, 11) is 3.13. The molecule has 2 aromatic rings. The quantitative estimate of drug-likeness (QED) is 0.306. The summed E-state index contributed by atoms with van der Waals surface area (Å²) in [4.78, 5) is 24.8. The molecule has 0 fully saturated rings. The number of nitrogens with one attached hydrogen (secondary N) is 2. The van der Waals surface area contributed by atoms with Crippen LogP contribution in [0.5, 0.6) is 11.5 Å². The highest BCUT2D eigenvalue weighted by atomic mass is 32.2. The van der Waals surface area contributed by atoms with Gasteiger partial charge in [-0.15, -0.1) is 11.8 Å². The Hall–Kier alpha value is -3.00. The number of hydrogen-bond acceptors (Lipinski definition) is 6. The first kappa shape index (κ1) is 21.3. The normalized spacial score (nSPS) is 10.5. The fraction of sp³-hybridized carbons (Fsp3) is 0.250. The maximum absolute atomic E-state index is 11.8. The van der Waals surface area contributed by atoms with E-state index in [1.54, 1.807) is 32.0 Å². The monoisotopic (exact) mass is 401 g/mol. The van der Waals surface area contributed by atoms with Gasteiger partial charge in [-0.1, -0.05) is 18.2 Å². The molecule has 0 heterocycles. The standard InChI is InChI=1S/C20H23N3O4S/c1-26-17-9-6-14(12-18(17)27-2)10-11-21-19(24)20(25)23-22-13-15-4-7-16(28-3)8-5-15/h4-9,12-13H,10-11H2,1-3H3,(H,21,24)(H,23,25)/b22-13+. The maximum Gasteiger partial charge on any atom is 0.329 e. The summed E-state index contributed by atoms with van der Waals surface area (Å²) in [6, 6.07) is 13.2. The first-order valence-corrected chi connectivity index (χ1v) is 9.76. The van der Waals surface area contributed by atoms with Crippen molar-refractivity contribution in [2.75, 3.05) is 27.0 Å². The first-order chi connectivity index (χ1) is 13.6. The lowest BCUT2D eigenvalue weighted by atomic mass is 10.1. The van der Waals surface area contributed by atoms with Crippen molar-refractivity contribution in [1.29, 1.82) is 0 Å². The molecule has 28 heavy (non-hydrogen) atoms. The van der Waals surface area contributed by atoms with E-state index in [4.69, 9.17) is 9.47 Å². The molecule has 7 nitrogen and oxygen atoms in total. The van der Waals surface area contributed by atoms with E-state index in [9.17, 15) is 9.59 Å². The zero-order chi connectivity index (χ0) is 20.4. The minimum Gasteiger partial charge on any atom is -0.493 e. The number of hydrazone groups is 1. The van der Waals surface area contributed by atoms with Crippen LogP contribution < -0.4 is 20.2 Å². The zero-order valence-electron chi connectivity index (χ0n) is 16.0. The van der Waals surface area contributed by atoms with Gasteiger partial charge in [0.05, 0.1) is 20.4 Å². The fourth-order valence-electron chi connectivity index (χ4n) is 2.34. The Bertz CT molecular complexity index is 838. The van der Waals surface area contributed by atoms with Gasteiger partial charge in [-0.05, 0) is 48.1 Å². The highest BCUT2D eigenvalue weighted by Crippen LogP contribution is 2.27. The summed E-state index contributed by atoms with van der Waals surface area (Å²) in [6.07, 6.45) is 4.02. The van der Waals surface area contributed by atoms with E-state index in [0.29, 0.717) is 24.5 Å². The number of carbonyl (C=O) groups excluding carboxylic acids is 2. The predicted molar refractivity (Wildman–Crippen MR) is 110 cm³/mol. The SMILES string of the molecule is COc1ccc(CCNC(=O)C(=O)N/N=C/c2ccc(SC)cc2)cc1OC. The molecule has 0 unspecified atom stereocenters. The number of methoxy groups -OCH3 is 2. The van der Waals surface area contributed by atoms with Gasteiger partial charge in [0, 0.05) is 11.4 Å². The van der Waals surface area contributed by atoms with E-state index in [1.807, 2.05) is 42.7 Å². The van der Waals surface area contributed by atoms with Gasteiger partial charge in [-0.3, -0.25) is 9.59 Å². The van der Waals surface area contributed by atoms with Crippen molar-refractivity contribution in [2.45, 2.75) is 11.3 Å². The highest BCUT2D eigenvalue weighted by Gasteiger charge is 2.12. The molecule has 0 aliphatic heterocycles. The van der Waals surface area contributed by atoms with Gasteiger partial charge in [-0.2, -0.15) is 5.10 Å². The molecule has 2 amide bonds. The Morgan fingerprint density at radius 1 is 1.04 bits per heavy atom. The van der Waals surface area contributed by atoms with Crippen molar-refractivity contribution < 1.29 is 19.1 Å². The van der Waals surface area contributed by atoms with Crippen LogP contribution in [-0.2, 0) is 16.0 Å². The van der Waals surface area contributed by atoms with Crippen LogP contribution in [0.1, 0.15) is 11.1 Å². The van der Waals surface area contributed by atoms with Crippen LogP contribution in [0.4, 0.5) is 0 Å². The molecular weight excluding hydrogens is 378 g/mol. The maximum atomic E-state index is 11.8. The molecule has 0 spiro atoms. The summed E-state index contributed by atoms with van der Waals surface area (Å²) in [5.74, 6) is -0.306. The van der Waals surface area contributed by atoms with E-state index in [1.165, 1.54) is 6.21 Å². The number of ether oxygens (including phenoxy) is 2. The van der Waals surface area contributed by atoms with E-state index in [2.05, 4.69) is 15.8 Å². The molecule has 2 aromatic carbocycles. The highest BCUT2D eigenvalue weighted by molar-refractivity contribution is 7.98. The Balaban J connectivity index is 1.77. The number of benzene rings is 2.